The molecular weight excluding hydrogens is 290 g/mol. The lowest BCUT2D eigenvalue weighted by Crippen LogP contribution is -2.06. The Morgan fingerprint density at radius 1 is 0.810 bits per heavy atom. The second-order valence-corrected chi connectivity index (χ2v) is 6.19. The predicted molar refractivity (Wildman–Crippen MR) is 91.2 cm³/mol. The van der Waals surface area contributed by atoms with Gasteiger partial charge in [-0.3, -0.25) is 12.9 Å². The van der Waals surface area contributed by atoms with Gasteiger partial charge in [0.05, 0.1) is 22.5 Å². The van der Waals surface area contributed by atoms with E-state index < -0.39 is 10.9 Å². The van der Waals surface area contributed by atoms with Gasteiger partial charge in [-0.2, -0.15) is 0 Å². The van der Waals surface area contributed by atoms with Crippen molar-refractivity contribution >= 4 is 28.0 Å². The summed E-state index contributed by atoms with van der Waals surface area (Å²) in [6, 6.07) is 0. The van der Waals surface area contributed by atoms with Crippen molar-refractivity contribution in [2.45, 2.75) is 60.8 Å². The first kappa shape index (κ1) is 19.5. The quantitative estimate of drug-likeness (QED) is 0.416. The van der Waals surface area contributed by atoms with E-state index in [1.54, 1.807) is 0 Å². The van der Waals surface area contributed by atoms with Crippen LogP contribution in [0, 0.1) is 0 Å². The first-order valence-electron chi connectivity index (χ1n) is 7.04. The molecule has 0 N–H and O–H groups in total. The van der Waals surface area contributed by atoms with Gasteiger partial charge < -0.3 is 0 Å². The first-order chi connectivity index (χ1) is 9.92. The maximum absolute atomic E-state index is 5.42. The van der Waals surface area contributed by atoms with Gasteiger partial charge in [-0.1, -0.05) is 42.8 Å². The fourth-order valence-corrected chi connectivity index (χ4v) is 1.63. The van der Waals surface area contributed by atoms with E-state index in [1.807, 2.05) is 41.5 Å². The molecule has 6 nitrogen and oxygen atoms in total. The van der Waals surface area contributed by atoms with Crippen molar-refractivity contribution < 1.29 is 12.9 Å². The number of hydrogen-bond donors (Lipinski definition) is 0. The summed E-state index contributed by atoms with van der Waals surface area (Å²) in [6.45, 7) is 15.2. The Hall–Kier alpha value is -1.50. The van der Waals surface area contributed by atoms with E-state index in [-0.39, 0.29) is 0 Å². The van der Waals surface area contributed by atoms with E-state index >= 15 is 0 Å². The van der Waals surface area contributed by atoms with Crippen LogP contribution < -0.4 is 0 Å². The molecule has 0 rings (SSSR count). The molecule has 21 heavy (non-hydrogen) atoms. The van der Waals surface area contributed by atoms with Crippen molar-refractivity contribution in [3.8, 4) is 0 Å². The lowest BCUT2D eigenvalue weighted by molar-refractivity contribution is 0.189. The van der Waals surface area contributed by atoms with Gasteiger partial charge in [-0.15, -0.1) is 0 Å². The van der Waals surface area contributed by atoms with Gasteiger partial charge in [0.1, 0.15) is 0 Å². The Balaban J connectivity index is 5.22. The highest BCUT2D eigenvalue weighted by atomic mass is 32.3. The lowest BCUT2D eigenvalue weighted by atomic mass is 10.3. The molecule has 0 aromatic carbocycles. The van der Waals surface area contributed by atoms with Crippen LogP contribution in [-0.4, -0.2) is 17.1 Å². The molecule has 0 heterocycles. The topological polar surface area (TPSA) is 64.8 Å². The molecular formula is C14H27N3O3S. The Labute approximate surface area is 129 Å². The number of nitrogens with zero attached hydrogens (tertiary/aromatic N) is 3. The number of rotatable bonds is 10. The first-order valence-corrected chi connectivity index (χ1v) is 8.52. The molecule has 0 atom stereocenters. The molecule has 0 aliphatic rings. The van der Waals surface area contributed by atoms with E-state index in [2.05, 4.69) is 22.0 Å². The molecule has 7 heteroatoms. The molecule has 0 aliphatic heterocycles. The predicted octanol–water partition coefficient (Wildman–Crippen LogP) is 5.09. The van der Waals surface area contributed by atoms with E-state index in [0.717, 1.165) is 36.4 Å². The van der Waals surface area contributed by atoms with Crippen LogP contribution in [0.4, 0.5) is 0 Å². The van der Waals surface area contributed by atoms with Gasteiger partial charge in [0.15, 0.2) is 0 Å². The van der Waals surface area contributed by atoms with Gasteiger partial charge >= 0.3 is 10.9 Å². The van der Waals surface area contributed by atoms with Crippen LogP contribution in [0.1, 0.15) is 60.8 Å². The molecule has 0 saturated carbocycles. The second kappa shape index (κ2) is 10.3. The molecule has 122 valence electrons. The summed E-state index contributed by atoms with van der Waals surface area (Å²) in [5.74, 6) is 0. The van der Waals surface area contributed by atoms with E-state index in [9.17, 15) is 0 Å². The van der Waals surface area contributed by atoms with Crippen LogP contribution >= 0.6 is 10.9 Å². The van der Waals surface area contributed by atoms with Crippen LogP contribution in [0.5, 0.6) is 0 Å². The Morgan fingerprint density at radius 3 is 1.29 bits per heavy atom. The highest BCUT2D eigenvalue weighted by Crippen LogP contribution is 2.53. The lowest BCUT2D eigenvalue weighted by Gasteiger charge is -2.26. The minimum Gasteiger partial charge on any atom is -0.268 e. The fraction of sp³-hybridized carbons (Fsp3) is 0.643. The zero-order valence-electron chi connectivity index (χ0n) is 13.9. The normalized spacial score (nSPS) is 14.7. The third-order valence-electron chi connectivity index (χ3n) is 2.63. The molecule has 0 aliphatic carbocycles. The highest BCUT2D eigenvalue weighted by molar-refractivity contribution is 8.24. The third-order valence-corrected chi connectivity index (χ3v) is 3.89. The van der Waals surface area contributed by atoms with Gasteiger partial charge in [-0.25, -0.2) is 0 Å². The maximum Gasteiger partial charge on any atom is 0.315 e. The van der Waals surface area contributed by atoms with Gasteiger partial charge in [0, 0.05) is 0 Å². The molecule has 0 saturated heterocycles. The van der Waals surface area contributed by atoms with E-state index in [4.69, 9.17) is 12.9 Å². The highest BCUT2D eigenvalue weighted by Gasteiger charge is 2.29. The van der Waals surface area contributed by atoms with Crippen LogP contribution in [0.3, 0.4) is 0 Å². The van der Waals surface area contributed by atoms with Crippen molar-refractivity contribution in [1.29, 1.82) is 0 Å². The second-order valence-electron chi connectivity index (χ2n) is 4.42. The van der Waals surface area contributed by atoms with E-state index in [1.165, 1.54) is 5.41 Å². The number of oxime groups is 3. The standard InChI is InChI=1S/C14H27N3O3S/c1-8-12(5)15-18-21(11-4,19-16-13(6)9-2)20-17-14(7)10-3/h11H,4,8-10H2,1-3,5-7H3/b15-12-,16-13-,17-14+. The Morgan fingerprint density at radius 2 is 1.10 bits per heavy atom. The molecule has 0 bridgehead atoms. The van der Waals surface area contributed by atoms with Crippen molar-refractivity contribution in [2.75, 3.05) is 0 Å². The molecule has 0 aromatic heterocycles. The zero-order chi connectivity index (χ0) is 16.3. The van der Waals surface area contributed by atoms with Crippen LogP contribution in [-0.2, 0) is 12.9 Å². The van der Waals surface area contributed by atoms with Crippen molar-refractivity contribution in [2.24, 2.45) is 15.5 Å². The van der Waals surface area contributed by atoms with Crippen LogP contribution in [0.15, 0.2) is 27.5 Å². The monoisotopic (exact) mass is 317 g/mol. The molecule has 0 spiro atoms. The largest absolute Gasteiger partial charge is 0.315 e. The molecule has 0 radical (unpaired) electrons. The summed E-state index contributed by atoms with van der Waals surface area (Å²) in [4.78, 5) is 0. The molecule has 0 amide bonds. The van der Waals surface area contributed by atoms with Crippen LogP contribution in [0.2, 0.25) is 0 Å². The van der Waals surface area contributed by atoms with Crippen molar-refractivity contribution in [3.05, 3.63) is 12.0 Å². The summed E-state index contributed by atoms with van der Waals surface area (Å²) in [7, 11) is -2.65. The number of hydrogen-bond acceptors (Lipinski definition) is 6. The summed E-state index contributed by atoms with van der Waals surface area (Å²) >= 11 is 0. The molecule has 0 fully saturated rings. The molecule has 0 unspecified atom stereocenters. The summed E-state index contributed by atoms with van der Waals surface area (Å²) in [6.07, 6.45) is 2.30. The van der Waals surface area contributed by atoms with Gasteiger partial charge in [-0.05, 0) is 40.0 Å². The average Bonchev–Trinajstić information content (AvgIpc) is 2.53. The SMILES string of the molecule is C=CS(O/N=C(/C)CC)(O/N=C(/C)CC)O/N=C(\C)CC. The third kappa shape index (κ3) is 7.75. The maximum atomic E-state index is 5.42. The average molecular weight is 317 g/mol. The minimum atomic E-state index is -2.65. The Kier molecular flexibility index (Phi) is 9.53. The van der Waals surface area contributed by atoms with Crippen molar-refractivity contribution in [1.82, 2.24) is 0 Å². The van der Waals surface area contributed by atoms with Crippen molar-refractivity contribution in [3.63, 3.8) is 0 Å². The van der Waals surface area contributed by atoms with Gasteiger partial charge in [0.2, 0.25) is 0 Å². The Bertz CT molecular complexity index is 365. The smallest absolute Gasteiger partial charge is 0.268 e. The van der Waals surface area contributed by atoms with Crippen LogP contribution in [0.25, 0.3) is 0 Å². The van der Waals surface area contributed by atoms with Gasteiger partial charge in [0.25, 0.3) is 0 Å². The summed E-state index contributed by atoms with van der Waals surface area (Å²) in [5.41, 5.74) is 2.44. The summed E-state index contributed by atoms with van der Waals surface area (Å²) < 4.78 is 16.2. The van der Waals surface area contributed by atoms with E-state index in [0.29, 0.717) is 0 Å². The zero-order valence-corrected chi connectivity index (χ0v) is 14.7. The minimum absolute atomic E-state index is 0.765. The fourth-order valence-electron chi connectivity index (χ4n) is 0.672. The molecule has 0 aromatic rings. The summed E-state index contributed by atoms with van der Waals surface area (Å²) in [5, 5.41) is 13.4.